The molecule has 2 nitrogen and oxygen atoms in total. The van der Waals surface area contributed by atoms with Crippen LogP contribution in [0.25, 0.3) is 0 Å². The summed E-state index contributed by atoms with van der Waals surface area (Å²) in [6.45, 7) is 5.47. The average Bonchev–Trinajstić information content (AvgIpc) is 2.18. The normalized spacial score (nSPS) is 13.3. The number of hydrogen-bond acceptors (Lipinski definition) is 1. The molecule has 94 valence electrons. The summed E-state index contributed by atoms with van der Waals surface area (Å²) in [6.07, 6.45) is 0. The Hall–Kier alpha value is -0.800. The van der Waals surface area contributed by atoms with Crippen LogP contribution < -0.4 is 5.32 Å². The summed E-state index contributed by atoms with van der Waals surface area (Å²) in [6, 6.07) is 3.96. The Morgan fingerprint density at radius 1 is 1.41 bits per heavy atom. The van der Waals surface area contributed by atoms with E-state index in [2.05, 4.69) is 5.32 Å². The molecule has 1 unspecified atom stereocenters. The fourth-order valence-electron chi connectivity index (χ4n) is 1.28. The maximum Gasteiger partial charge on any atom is 0.243 e. The second-order valence-electron chi connectivity index (χ2n) is 4.77. The van der Waals surface area contributed by atoms with Crippen LogP contribution in [0.4, 0.5) is 4.39 Å². The summed E-state index contributed by atoms with van der Waals surface area (Å²) in [4.78, 5) is 11.8. The van der Waals surface area contributed by atoms with E-state index in [4.69, 9.17) is 23.2 Å². The molecule has 0 aliphatic rings. The highest BCUT2D eigenvalue weighted by Gasteiger charge is 2.24. The number of halogens is 3. The van der Waals surface area contributed by atoms with E-state index < -0.39 is 22.6 Å². The summed E-state index contributed by atoms with van der Waals surface area (Å²) in [5, 5.41) is 1.94. The largest absolute Gasteiger partial charge is 0.350 e. The molecule has 1 rings (SSSR count). The lowest BCUT2D eigenvalue weighted by Gasteiger charge is -2.22. The van der Waals surface area contributed by atoms with Crippen LogP contribution in [0.1, 0.15) is 31.7 Å². The quantitative estimate of drug-likeness (QED) is 0.821. The standard InChI is InChI=1S/C12H14Cl2FNO/c1-12(2,3)16-11(17)10(14)8-6-7(13)4-5-9(8)15/h4-6,10H,1-3H3,(H,16,17). The van der Waals surface area contributed by atoms with Crippen LogP contribution in [0.2, 0.25) is 5.02 Å². The molecule has 0 aliphatic heterocycles. The Balaban J connectivity index is 2.92. The van der Waals surface area contributed by atoms with E-state index in [0.29, 0.717) is 5.02 Å². The molecule has 1 aromatic carbocycles. The fraction of sp³-hybridized carbons (Fsp3) is 0.417. The minimum Gasteiger partial charge on any atom is -0.350 e. The van der Waals surface area contributed by atoms with Gasteiger partial charge in [0.1, 0.15) is 11.2 Å². The molecule has 1 atom stereocenters. The van der Waals surface area contributed by atoms with Crippen molar-refractivity contribution in [1.29, 1.82) is 0 Å². The third-order valence-electron chi connectivity index (χ3n) is 1.96. The molecule has 0 saturated carbocycles. The number of alkyl halides is 1. The van der Waals surface area contributed by atoms with Gasteiger partial charge in [0, 0.05) is 16.1 Å². The summed E-state index contributed by atoms with van der Waals surface area (Å²) >= 11 is 11.7. The zero-order valence-corrected chi connectivity index (χ0v) is 11.4. The molecular weight excluding hydrogens is 264 g/mol. The summed E-state index contributed by atoms with van der Waals surface area (Å²) < 4.78 is 13.5. The summed E-state index contributed by atoms with van der Waals surface area (Å²) in [5.41, 5.74) is -0.333. The van der Waals surface area contributed by atoms with Crippen molar-refractivity contribution in [3.05, 3.63) is 34.6 Å². The Morgan fingerprint density at radius 2 is 2.00 bits per heavy atom. The first-order chi connectivity index (χ1) is 7.70. The Kier molecular flexibility index (Phi) is 4.39. The number of nitrogens with one attached hydrogen (secondary N) is 1. The van der Waals surface area contributed by atoms with Gasteiger partial charge in [0.05, 0.1) is 0 Å². The summed E-state index contributed by atoms with van der Waals surface area (Å²) in [5.74, 6) is -0.987. The molecule has 0 radical (unpaired) electrons. The second-order valence-corrected chi connectivity index (χ2v) is 5.64. The van der Waals surface area contributed by atoms with E-state index in [0.717, 1.165) is 0 Å². The Bertz CT molecular complexity index is 429. The first kappa shape index (κ1) is 14.3. The third-order valence-corrected chi connectivity index (χ3v) is 2.63. The van der Waals surface area contributed by atoms with Crippen molar-refractivity contribution in [3.8, 4) is 0 Å². The van der Waals surface area contributed by atoms with Crippen molar-refractivity contribution >= 4 is 29.1 Å². The van der Waals surface area contributed by atoms with Crippen molar-refractivity contribution in [2.24, 2.45) is 0 Å². The number of carbonyl (C=O) groups excluding carboxylic acids is 1. The van der Waals surface area contributed by atoms with Crippen LogP contribution in [-0.2, 0) is 4.79 Å². The predicted molar refractivity (Wildman–Crippen MR) is 67.9 cm³/mol. The number of rotatable bonds is 2. The van der Waals surface area contributed by atoms with Gasteiger partial charge in [-0.15, -0.1) is 11.6 Å². The second kappa shape index (κ2) is 5.23. The van der Waals surface area contributed by atoms with Gasteiger partial charge >= 0.3 is 0 Å². The van der Waals surface area contributed by atoms with Gasteiger partial charge in [-0.05, 0) is 39.0 Å². The van der Waals surface area contributed by atoms with Gasteiger partial charge < -0.3 is 5.32 Å². The van der Waals surface area contributed by atoms with Crippen molar-refractivity contribution < 1.29 is 9.18 Å². The highest BCUT2D eigenvalue weighted by atomic mass is 35.5. The molecule has 0 fully saturated rings. The van der Waals surface area contributed by atoms with E-state index in [1.165, 1.54) is 18.2 Å². The molecule has 0 saturated heterocycles. The summed E-state index contributed by atoms with van der Waals surface area (Å²) in [7, 11) is 0. The molecule has 0 spiro atoms. The van der Waals surface area contributed by atoms with E-state index in [9.17, 15) is 9.18 Å². The van der Waals surface area contributed by atoms with Crippen molar-refractivity contribution in [3.63, 3.8) is 0 Å². The van der Waals surface area contributed by atoms with Crippen molar-refractivity contribution in [1.82, 2.24) is 5.32 Å². The van der Waals surface area contributed by atoms with Gasteiger partial charge in [0.25, 0.3) is 0 Å². The monoisotopic (exact) mass is 277 g/mol. The lowest BCUT2D eigenvalue weighted by molar-refractivity contribution is -0.122. The highest BCUT2D eigenvalue weighted by Crippen LogP contribution is 2.26. The minimum atomic E-state index is -1.09. The highest BCUT2D eigenvalue weighted by molar-refractivity contribution is 6.32. The maximum absolute atomic E-state index is 13.5. The SMILES string of the molecule is CC(C)(C)NC(=O)C(Cl)c1cc(Cl)ccc1F. The van der Waals surface area contributed by atoms with Crippen LogP contribution in [0.15, 0.2) is 18.2 Å². The van der Waals surface area contributed by atoms with Gasteiger partial charge in [0.2, 0.25) is 5.91 Å². The number of carbonyl (C=O) groups is 1. The van der Waals surface area contributed by atoms with Crippen LogP contribution in [0, 0.1) is 5.82 Å². The molecular formula is C12H14Cl2FNO. The topological polar surface area (TPSA) is 29.1 Å². The molecule has 0 aliphatic carbocycles. The molecule has 17 heavy (non-hydrogen) atoms. The number of hydrogen-bond donors (Lipinski definition) is 1. The van der Waals surface area contributed by atoms with Crippen molar-refractivity contribution in [2.45, 2.75) is 31.7 Å². The van der Waals surface area contributed by atoms with Crippen LogP contribution in [0.3, 0.4) is 0 Å². The van der Waals surface area contributed by atoms with Crippen LogP contribution in [-0.4, -0.2) is 11.4 Å². The van der Waals surface area contributed by atoms with Gasteiger partial charge in [0.15, 0.2) is 0 Å². The minimum absolute atomic E-state index is 0.0842. The first-order valence-corrected chi connectivity index (χ1v) is 5.93. The van der Waals surface area contributed by atoms with Gasteiger partial charge in [-0.1, -0.05) is 11.6 Å². The van der Waals surface area contributed by atoms with E-state index >= 15 is 0 Å². The molecule has 1 amide bonds. The lowest BCUT2D eigenvalue weighted by Crippen LogP contribution is -2.42. The van der Waals surface area contributed by atoms with Crippen molar-refractivity contribution in [2.75, 3.05) is 0 Å². The Morgan fingerprint density at radius 3 is 2.53 bits per heavy atom. The maximum atomic E-state index is 13.5. The zero-order valence-electron chi connectivity index (χ0n) is 9.85. The van der Waals surface area contributed by atoms with E-state index in [1.807, 2.05) is 20.8 Å². The molecule has 0 bridgehead atoms. The number of amides is 1. The van der Waals surface area contributed by atoms with E-state index in [-0.39, 0.29) is 5.56 Å². The fourth-order valence-corrected chi connectivity index (χ4v) is 1.69. The third kappa shape index (κ3) is 4.17. The van der Waals surface area contributed by atoms with Crippen LogP contribution >= 0.6 is 23.2 Å². The first-order valence-electron chi connectivity index (χ1n) is 5.12. The predicted octanol–water partition coefficient (Wildman–Crippen LogP) is 3.67. The number of benzene rings is 1. The smallest absolute Gasteiger partial charge is 0.243 e. The lowest BCUT2D eigenvalue weighted by atomic mass is 10.1. The molecule has 0 heterocycles. The zero-order chi connectivity index (χ0) is 13.2. The molecule has 0 aromatic heterocycles. The van der Waals surface area contributed by atoms with Crippen LogP contribution in [0.5, 0.6) is 0 Å². The van der Waals surface area contributed by atoms with Gasteiger partial charge in [-0.25, -0.2) is 4.39 Å². The molecule has 1 aromatic rings. The average molecular weight is 278 g/mol. The van der Waals surface area contributed by atoms with Gasteiger partial charge in [-0.2, -0.15) is 0 Å². The molecule has 1 N–H and O–H groups in total. The Labute approximate surface area is 110 Å². The molecule has 5 heteroatoms. The van der Waals surface area contributed by atoms with Gasteiger partial charge in [-0.3, -0.25) is 4.79 Å². The van der Waals surface area contributed by atoms with E-state index in [1.54, 1.807) is 0 Å².